The Morgan fingerprint density at radius 3 is 2.56 bits per heavy atom. The third-order valence-corrected chi connectivity index (χ3v) is 5.84. The standard InChI is InChI=1S/C25H28N4O3/c1-17-4-6-18(7-5-17)14-24(30)26-19-8-9-22-20(15-19)21(25(31)32)16-23(27-22)29-11-3-10-28(2)12-13-29/h4-9,15-16H,3,10-14H2,1-2H3,(H,26,30)(H,31,32). The number of aromatic carboxylic acids is 1. The molecule has 1 amide bonds. The van der Waals surface area contributed by atoms with E-state index in [-0.39, 0.29) is 17.9 Å². The molecule has 1 saturated heterocycles. The third kappa shape index (κ3) is 5.06. The summed E-state index contributed by atoms with van der Waals surface area (Å²) in [5.74, 6) is -0.474. The first-order valence-corrected chi connectivity index (χ1v) is 10.9. The summed E-state index contributed by atoms with van der Waals surface area (Å²) in [4.78, 5) is 33.7. The molecule has 0 spiro atoms. The number of aromatic nitrogens is 1. The van der Waals surface area contributed by atoms with Crippen LogP contribution in [0.2, 0.25) is 0 Å². The fraction of sp³-hybridized carbons (Fsp3) is 0.320. The smallest absolute Gasteiger partial charge is 0.336 e. The van der Waals surface area contributed by atoms with Gasteiger partial charge in [-0.3, -0.25) is 4.79 Å². The van der Waals surface area contributed by atoms with Crippen molar-refractivity contribution in [3.05, 3.63) is 65.2 Å². The minimum absolute atomic E-state index is 0.150. The lowest BCUT2D eigenvalue weighted by molar-refractivity contribution is -0.115. The molecule has 2 heterocycles. The first-order valence-electron chi connectivity index (χ1n) is 10.9. The van der Waals surface area contributed by atoms with Crippen LogP contribution < -0.4 is 10.2 Å². The molecule has 2 N–H and O–H groups in total. The van der Waals surface area contributed by atoms with Crippen LogP contribution in [0.15, 0.2) is 48.5 Å². The molecule has 0 aliphatic carbocycles. The van der Waals surface area contributed by atoms with Crippen molar-refractivity contribution in [2.24, 2.45) is 0 Å². The van der Waals surface area contributed by atoms with E-state index >= 15 is 0 Å². The highest BCUT2D eigenvalue weighted by atomic mass is 16.4. The lowest BCUT2D eigenvalue weighted by Gasteiger charge is -2.22. The molecule has 7 nitrogen and oxygen atoms in total. The Balaban J connectivity index is 1.58. The molecular formula is C25H28N4O3. The molecule has 0 unspecified atom stereocenters. The van der Waals surface area contributed by atoms with Gasteiger partial charge in [0.25, 0.3) is 0 Å². The van der Waals surface area contributed by atoms with Gasteiger partial charge in [0.1, 0.15) is 5.82 Å². The van der Waals surface area contributed by atoms with Crippen LogP contribution in [0.25, 0.3) is 10.9 Å². The minimum Gasteiger partial charge on any atom is -0.478 e. The Hall–Kier alpha value is -3.45. The SMILES string of the molecule is Cc1ccc(CC(=O)Nc2ccc3nc(N4CCCN(C)CC4)cc(C(=O)O)c3c2)cc1. The van der Waals surface area contributed by atoms with Gasteiger partial charge in [0.05, 0.1) is 17.5 Å². The van der Waals surface area contributed by atoms with Crippen LogP contribution in [0.3, 0.4) is 0 Å². The van der Waals surface area contributed by atoms with Crippen LogP contribution in [0.4, 0.5) is 11.5 Å². The molecular weight excluding hydrogens is 404 g/mol. The van der Waals surface area contributed by atoms with E-state index in [1.165, 1.54) is 0 Å². The van der Waals surface area contributed by atoms with Gasteiger partial charge in [-0.25, -0.2) is 9.78 Å². The van der Waals surface area contributed by atoms with Crippen LogP contribution in [0.1, 0.15) is 27.9 Å². The number of carboxylic acids is 1. The maximum Gasteiger partial charge on any atom is 0.336 e. The summed E-state index contributed by atoms with van der Waals surface area (Å²) in [6.07, 6.45) is 1.26. The number of carbonyl (C=O) groups is 2. The second-order valence-electron chi connectivity index (χ2n) is 8.42. The molecule has 0 saturated carbocycles. The third-order valence-electron chi connectivity index (χ3n) is 5.84. The number of anilines is 2. The van der Waals surface area contributed by atoms with Crippen molar-refractivity contribution < 1.29 is 14.7 Å². The average molecular weight is 433 g/mol. The Bertz CT molecular complexity index is 1140. The Morgan fingerprint density at radius 2 is 1.81 bits per heavy atom. The molecule has 3 aromatic rings. The van der Waals surface area contributed by atoms with E-state index in [2.05, 4.69) is 22.2 Å². The summed E-state index contributed by atoms with van der Waals surface area (Å²) in [6.45, 7) is 5.58. The topological polar surface area (TPSA) is 85.8 Å². The number of hydrogen-bond donors (Lipinski definition) is 2. The van der Waals surface area contributed by atoms with Crippen molar-refractivity contribution in [2.75, 3.05) is 43.4 Å². The number of carboxylic acid groups (broad SMARTS) is 1. The van der Waals surface area contributed by atoms with Crippen LogP contribution >= 0.6 is 0 Å². The molecule has 4 rings (SSSR count). The summed E-state index contributed by atoms with van der Waals surface area (Å²) >= 11 is 0. The second-order valence-corrected chi connectivity index (χ2v) is 8.42. The number of fused-ring (bicyclic) bond motifs is 1. The number of nitrogens with one attached hydrogen (secondary N) is 1. The molecule has 1 aromatic heterocycles. The number of likely N-dealkylation sites (N-methyl/N-ethyl adjacent to an activating group) is 1. The summed E-state index contributed by atoms with van der Waals surface area (Å²) in [6, 6.07) is 14.7. The largest absolute Gasteiger partial charge is 0.478 e. The predicted octanol–water partition coefficient (Wildman–Crippen LogP) is 3.56. The van der Waals surface area contributed by atoms with E-state index < -0.39 is 5.97 Å². The zero-order valence-electron chi connectivity index (χ0n) is 18.5. The van der Waals surface area contributed by atoms with E-state index in [4.69, 9.17) is 4.98 Å². The van der Waals surface area contributed by atoms with Gasteiger partial charge < -0.3 is 20.2 Å². The van der Waals surface area contributed by atoms with E-state index in [1.54, 1.807) is 24.3 Å². The monoisotopic (exact) mass is 432 g/mol. The van der Waals surface area contributed by atoms with Gasteiger partial charge in [-0.2, -0.15) is 0 Å². The van der Waals surface area contributed by atoms with E-state index in [0.29, 0.717) is 22.4 Å². The van der Waals surface area contributed by atoms with Gasteiger partial charge in [-0.05, 0) is 56.8 Å². The van der Waals surface area contributed by atoms with E-state index in [1.807, 2.05) is 31.2 Å². The number of aryl methyl sites for hydroxylation is 1. The highest BCUT2D eigenvalue weighted by molar-refractivity contribution is 6.05. The fourth-order valence-corrected chi connectivity index (χ4v) is 4.00. The first-order chi connectivity index (χ1) is 15.4. The zero-order chi connectivity index (χ0) is 22.7. The first kappa shape index (κ1) is 21.8. The molecule has 1 fully saturated rings. The molecule has 0 atom stereocenters. The van der Waals surface area contributed by atoms with Crippen LogP contribution in [-0.4, -0.2) is 60.1 Å². The number of benzene rings is 2. The van der Waals surface area contributed by atoms with Crippen molar-refractivity contribution in [3.63, 3.8) is 0 Å². The van der Waals surface area contributed by atoms with Crippen molar-refractivity contribution in [2.45, 2.75) is 19.8 Å². The normalized spacial score (nSPS) is 14.9. The van der Waals surface area contributed by atoms with Gasteiger partial charge in [0, 0.05) is 30.7 Å². The van der Waals surface area contributed by atoms with Gasteiger partial charge in [-0.15, -0.1) is 0 Å². The van der Waals surface area contributed by atoms with Gasteiger partial charge in [0.2, 0.25) is 5.91 Å². The summed E-state index contributed by atoms with van der Waals surface area (Å²) in [5.41, 5.74) is 3.42. The maximum absolute atomic E-state index is 12.5. The Morgan fingerprint density at radius 1 is 1.03 bits per heavy atom. The lowest BCUT2D eigenvalue weighted by atomic mass is 10.1. The van der Waals surface area contributed by atoms with Crippen LogP contribution in [-0.2, 0) is 11.2 Å². The van der Waals surface area contributed by atoms with Gasteiger partial charge in [0.15, 0.2) is 0 Å². The molecule has 1 aliphatic heterocycles. The number of hydrogen-bond acceptors (Lipinski definition) is 5. The molecule has 0 bridgehead atoms. The molecule has 1 aliphatic rings. The molecule has 7 heteroatoms. The summed E-state index contributed by atoms with van der Waals surface area (Å²) in [7, 11) is 2.09. The number of amides is 1. The zero-order valence-corrected chi connectivity index (χ0v) is 18.5. The quantitative estimate of drug-likeness (QED) is 0.641. The van der Waals surface area contributed by atoms with Crippen molar-refractivity contribution in [1.82, 2.24) is 9.88 Å². The molecule has 166 valence electrons. The van der Waals surface area contributed by atoms with E-state index in [0.717, 1.165) is 43.7 Å². The highest BCUT2D eigenvalue weighted by Crippen LogP contribution is 2.27. The lowest BCUT2D eigenvalue weighted by Crippen LogP contribution is -2.29. The predicted molar refractivity (Wildman–Crippen MR) is 127 cm³/mol. The number of carbonyl (C=O) groups excluding carboxylic acids is 1. The van der Waals surface area contributed by atoms with Crippen molar-refractivity contribution in [3.8, 4) is 0 Å². The Labute approximate surface area is 187 Å². The molecule has 2 aromatic carbocycles. The minimum atomic E-state index is -1.01. The van der Waals surface area contributed by atoms with Gasteiger partial charge >= 0.3 is 5.97 Å². The van der Waals surface area contributed by atoms with Crippen LogP contribution in [0.5, 0.6) is 0 Å². The van der Waals surface area contributed by atoms with Crippen molar-refractivity contribution in [1.29, 1.82) is 0 Å². The average Bonchev–Trinajstić information content (AvgIpc) is 2.99. The highest BCUT2D eigenvalue weighted by Gasteiger charge is 2.19. The number of rotatable bonds is 5. The molecule has 0 radical (unpaired) electrons. The van der Waals surface area contributed by atoms with E-state index in [9.17, 15) is 14.7 Å². The van der Waals surface area contributed by atoms with Crippen molar-refractivity contribution >= 4 is 34.3 Å². The number of pyridine rings is 1. The van der Waals surface area contributed by atoms with Crippen LogP contribution in [0, 0.1) is 6.92 Å². The number of nitrogens with zero attached hydrogens (tertiary/aromatic N) is 3. The second kappa shape index (κ2) is 9.36. The Kier molecular flexibility index (Phi) is 6.37. The molecule has 32 heavy (non-hydrogen) atoms. The fourth-order valence-electron chi connectivity index (χ4n) is 4.00. The van der Waals surface area contributed by atoms with Gasteiger partial charge in [-0.1, -0.05) is 29.8 Å². The summed E-state index contributed by atoms with van der Waals surface area (Å²) < 4.78 is 0. The maximum atomic E-state index is 12.5. The summed E-state index contributed by atoms with van der Waals surface area (Å²) in [5, 5.41) is 13.2.